The summed E-state index contributed by atoms with van der Waals surface area (Å²) in [5.41, 5.74) is 0.652. The van der Waals surface area contributed by atoms with Crippen LogP contribution in [0.2, 0.25) is 0 Å². The van der Waals surface area contributed by atoms with Crippen molar-refractivity contribution in [3.05, 3.63) is 43.0 Å². The predicted molar refractivity (Wildman–Crippen MR) is 81.9 cm³/mol. The molecule has 0 heterocycles. The van der Waals surface area contributed by atoms with E-state index in [-0.39, 0.29) is 26.4 Å². The molecule has 0 saturated carbocycles. The van der Waals surface area contributed by atoms with Gasteiger partial charge in [0.1, 0.15) is 19.8 Å². The topological polar surface area (TPSA) is 103 Å². The first-order chi connectivity index (χ1) is 11.1. The van der Waals surface area contributed by atoms with Crippen LogP contribution >= 0.6 is 0 Å². The summed E-state index contributed by atoms with van der Waals surface area (Å²) in [6.07, 6.45) is 0.0923. The minimum absolute atomic E-state index is 0.0481. The summed E-state index contributed by atoms with van der Waals surface area (Å²) in [5, 5.41) is 5.12. The zero-order valence-electron chi connectivity index (χ0n) is 12.4. The quantitative estimate of drug-likeness (QED) is 0.429. The minimum atomic E-state index is -0.912. The Kier molecular flexibility index (Phi) is 8.35. The number of nitrogens with one attached hydrogen (secondary N) is 2. The number of carbonyl (C=O) groups excluding carboxylic acids is 3. The second kappa shape index (κ2) is 10.7. The third-order valence-electron chi connectivity index (χ3n) is 2.35. The van der Waals surface area contributed by atoms with Crippen LogP contribution in [0.5, 0.6) is 0 Å². The average Bonchev–Trinajstić information content (AvgIpc) is 2.56. The molecule has 1 aromatic rings. The lowest BCUT2D eigenvalue weighted by atomic mass is 10.3. The molecule has 124 valence electrons. The van der Waals surface area contributed by atoms with E-state index in [1.807, 2.05) is 6.07 Å². The van der Waals surface area contributed by atoms with Crippen LogP contribution in [-0.2, 0) is 19.0 Å². The molecule has 0 bridgehead atoms. The number of carbonyl (C=O) groups is 3. The van der Waals surface area contributed by atoms with E-state index in [2.05, 4.69) is 26.7 Å². The van der Waals surface area contributed by atoms with Crippen LogP contribution < -0.4 is 10.6 Å². The van der Waals surface area contributed by atoms with E-state index < -0.39 is 18.2 Å². The van der Waals surface area contributed by atoms with E-state index in [4.69, 9.17) is 4.74 Å². The van der Waals surface area contributed by atoms with Gasteiger partial charge in [-0.05, 0) is 12.1 Å². The van der Waals surface area contributed by atoms with Gasteiger partial charge >= 0.3 is 18.2 Å². The van der Waals surface area contributed by atoms with Gasteiger partial charge in [-0.3, -0.25) is 0 Å². The Bertz CT molecular complexity index is 532. The Labute approximate surface area is 133 Å². The molecule has 0 saturated heterocycles. The summed E-state index contributed by atoms with van der Waals surface area (Å²) in [5.74, 6) is -0.601. The van der Waals surface area contributed by atoms with Crippen LogP contribution in [0.1, 0.15) is 0 Å². The summed E-state index contributed by atoms with van der Waals surface area (Å²) in [6.45, 7) is 3.08. The van der Waals surface area contributed by atoms with E-state index >= 15 is 0 Å². The van der Waals surface area contributed by atoms with Gasteiger partial charge in [-0.2, -0.15) is 0 Å². The molecule has 0 atom stereocenters. The number of esters is 1. The van der Waals surface area contributed by atoms with Gasteiger partial charge in [-0.25, -0.2) is 14.4 Å². The standard InChI is InChI=1S/C15H18N2O6/c1-2-13(18)21-10-11-23-15(20)22-9-8-16-14(19)17-12-6-4-3-5-7-12/h2-7H,1,8-11H2,(H2,16,17,19). The Morgan fingerprint density at radius 1 is 1.00 bits per heavy atom. The van der Waals surface area contributed by atoms with Gasteiger partial charge in [-0.15, -0.1) is 0 Å². The Morgan fingerprint density at radius 3 is 2.35 bits per heavy atom. The predicted octanol–water partition coefficient (Wildman–Crippen LogP) is 1.69. The van der Waals surface area contributed by atoms with Gasteiger partial charge in [0, 0.05) is 11.8 Å². The first-order valence-electron chi connectivity index (χ1n) is 6.80. The third-order valence-corrected chi connectivity index (χ3v) is 2.35. The van der Waals surface area contributed by atoms with Crippen molar-refractivity contribution in [3.8, 4) is 0 Å². The molecule has 1 aromatic carbocycles. The van der Waals surface area contributed by atoms with Crippen molar-refractivity contribution in [1.29, 1.82) is 0 Å². The van der Waals surface area contributed by atoms with Gasteiger partial charge in [0.25, 0.3) is 0 Å². The number of amides is 2. The lowest BCUT2D eigenvalue weighted by Crippen LogP contribution is -2.32. The van der Waals surface area contributed by atoms with E-state index in [0.717, 1.165) is 6.08 Å². The van der Waals surface area contributed by atoms with Gasteiger partial charge in [-0.1, -0.05) is 24.8 Å². The molecule has 1 rings (SSSR count). The highest BCUT2D eigenvalue weighted by atomic mass is 16.7. The Balaban J connectivity index is 2.03. The zero-order valence-corrected chi connectivity index (χ0v) is 12.4. The van der Waals surface area contributed by atoms with Crippen molar-refractivity contribution in [1.82, 2.24) is 5.32 Å². The molecule has 8 heteroatoms. The number of anilines is 1. The fourth-order valence-electron chi connectivity index (χ4n) is 1.36. The van der Waals surface area contributed by atoms with Crippen LogP contribution in [0.3, 0.4) is 0 Å². The molecule has 0 unspecified atom stereocenters. The van der Waals surface area contributed by atoms with Crippen LogP contribution in [-0.4, -0.2) is 44.5 Å². The number of hydrogen-bond donors (Lipinski definition) is 2. The summed E-state index contributed by atoms with van der Waals surface area (Å²) in [7, 11) is 0. The largest absolute Gasteiger partial charge is 0.508 e. The molecule has 2 N–H and O–H groups in total. The highest BCUT2D eigenvalue weighted by Crippen LogP contribution is 2.03. The van der Waals surface area contributed by atoms with Gasteiger partial charge in [0.05, 0.1) is 6.54 Å². The summed E-state index contributed by atoms with van der Waals surface area (Å²) in [6, 6.07) is 8.49. The molecule has 0 aliphatic rings. The molecular weight excluding hydrogens is 304 g/mol. The maximum atomic E-state index is 11.5. The first-order valence-corrected chi connectivity index (χ1v) is 6.80. The summed E-state index contributed by atoms with van der Waals surface area (Å²) < 4.78 is 14.0. The highest BCUT2D eigenvalue weighted by Gasteiger charge is 2.05. The summed E-state index contributed by atoms with van der Waals surface area (Å²) in [4.78, 5) is 33.4. The highest BCUT2D eigenvalue weighted by molar-refractivity contribution is 5.89. The monoisotopic (exact) mass is 322 g/mol. The minimum Gasteiger partial charge on any atom is -0.459 e. The molecule has 0 aliphatic heterocycles. The zero-order chi connectivity index (χ0) is 16.9. The van der Waals surface area contributed by atoms with Crippen molar-refractivity contribution < 1.29 is 28.6 Å². The first kappa shape index (κ1) is 18.0. The van der Waals surface area contributed by atoms with Crippen LogP contribution in [0, 0.1) is 0 Å². The molecule has 0 spiro atoms. The van der Waals surface area contributed by atoms with E-state index in [0.29, 0.717) is 5.69 Å². The van der Waals surface area contributed by atoms with Crippen molar-refractivity contribution in [2.24, 2.45) is 0 Å². The number of rotatable bonds is 8. The van der Waals surface area contributed by atoms with Crippen LogP contribution in [0.4, 0.5) is 15.3 Å². The van der Waals surface area contributed by atoms with Gasteiger partial charge in [0.15, 0.2) is 0 Å². The van der Waals surface area contributed by atoms with Crippen LogP contribution in [0.15, 0.2) is 43.0 Å². The second-order valence-electron chi connectivity index (χ2n) is 4.07. The molecule has 0 fully saturated rings. The molecular formula is C15H18N2O6. The lowest BCUT2D eigenvalue weighted by molar-refractivity contribution is -0.138. The van der Waals surface area contributed by atoms with Crippen molar-refractivity contribution in [3.63, 3.8) is 0 Å². The fourth-order valence-corrected chi connectivity index (χ4v) is 1.36. The van der Waals surface area contributed by atoms with Crippen LogP contribution in [0.25, 0.3) is 0 Å². The molecule has 0 radical (unpaired) electrons. The molecule has 23 heavy (non-hydrogen) atoms. The van der Waals surface area contributed by atoms with Gasteiger partial charge in [0.2, 0.25) is 0 Å². The average molecular weight is 322 g/mol. The van der Waals surface area contributed by atoms with Crippen molar-refractivity contribution in [2.45, 2.75) is 0 Å². The number of hydrogen-bond acceptors (Lipinski definition) is 6. The normalized spacial score (nSPS) is 9.39. The maximum absolute atomic E-state index is 11.5. The molecule has 0 aromatic heterocycles. The third kappa shape index (κ3) is 8.76. The molecule has 8 nitrogen and oxygen atoms in total. The van der Waals surface area contributed by atoms with Gasteiger partial charge < -0.3 is 24.8 Å². The smallest absolute Gasteiger partial charge is 0.459 e. The van der Waals surface area contributed by atoms with E-state index in [1.165, 1.54) is 0 Å². The summed E-state index contributed by atoms with van der Waals surface area (Å²) >= 11 is 0. The Hall–Kier alpha value is -3.03. The SMILES string of the molecule is C=CC(=O)OCCOC(=O)OCCNC(=O)Nc1ccccc1. The van der Waals surface area contributed by atoms with Crippen molar-refractivity contribution in [2.75, 3.05) is 31.7 Å². The molecule has 0 aliphatic carbocycles. The second-order valence-corrected chi connectivity index (χ2v) is 4.07. The Morgan fingerprint density at radius 2 is 1.65 bits per heavy atom. The number of para-hydroxylation sites is 1. The maximum Gasteiger partial charge on any atom is 0.508 e. The van der Waals surface area contributed by atoms with Crippen molar-refractivity contribution >= 4 is 23.8 Å². The number of benzene rings is 1. The lowest BCUT2D eigenvalue weighted by Gasteiger charge is -2.08. The van der Waals surface area contributed by atoms with E-state index in [1.54, 1.807) is 24.3 Å². The van der Waals surface area contributed by atoms with E-state index in [9.17, 15) is 14.4 Å². The number of ether oxygens (including phenoxy) is 3. The fraction of sp³-hybridized carbons (Fsp3) is 0.267. The number of urea groups is 1. The molecule has 2 amide bonds.